The maximum atomic E-state index is 5.65. The van der Waals surface area contributed by atoms with Gasteiger partial charge in [-0.15, -0.1) is 0 Å². The van der Waals surface area contributed by atoms with Crippen molar-refractivity contribution in [2.45, 2.75) is 38.6 Å². The number of aromatic nitrogens is 1. The average Bonchev–Trinajstić information content (AvgIpc) is 2.78. The quantitative estimate of drug-likeness (QED) is 0.841. The van der Waals surface area contributed by atoms with Crippen molar-refractivity contribution in [3.63, 3.8) is 0 Å². The van der Waals surface area contributed by atoms with Crippen LogP contribution in [0.25, 0.3) is 0 Å². The van der Waals surface area contributed by atoms with Gasteiger partial charge in [0, 0.05) is 18.8 Å². The normalized spacial score (nSPS) is 20.4. The van der Waals surface area contributed by atoms with Gasteiger partial charge in [0.25, 0.3) is 0 Å². The Morgan fingerprint density at radius 2 is 2.44 bits per heavy atom. The number of nitrogens with two attached hydrogens (primary N) is 1. The maximum Gasteiger partial charge on any atom is 0.131 e. The molecule has 1 saturated heterocycles. The van der Waals surface area contributed by atoms with Crippen LogP contribution in [0.2, 0.25) is 0 Å². The summed E-state index contributed by atoms with van der Waals surface area (Å²) in [6.45, 7) is 4.10. The molecule has 3 nitrogen and oxygen atoms in total. The molecule has 2 heterocycles. The van der Waals surface area contributed by atoms with Crippen molar-refractivity contribution >= 4 is 5.82 Å². The molecule has 88 valence electrons. The van der Waals surface area contributed by atoms with Gasteiger partial charge in [-0.1, -0.05) is 13.0 Å². The smallest absolute Gasteiger partial charge is 0.131 e. The Balaban J connectivity index is 2.24. The van der Waals surface area contributed by atoms with E-state index < -0.39 is 0 Å². The van der Waals surface area contributed by atoms with Crippen LogP contribution in [0.15, 0.2) is 18.3 Å². The molecule has 1 atom stereocenters. The minimum Gasteiger partial charge on any atom is -0.353 e. The lowest BCUT2D eigenvalue weighted by Crippen LogP contribution is -2.30. The van der Waals surface area contributed by atoms with Crippen LogP contribution in [0.3, 0.4) is 0 Å². The Bertz CT molecular complexity index is 338. The summed E-state index contributed by atoms with van der Waals surface area (Å²) < 4.78 is 0. The predicted molar refractivity (Wildman–Crippen MR) is 67.7 cm³/mol. The Kier molecular flexibility index (Phi) is 3.78. The first-order chi connectivity index (χ1) is 7.86. The molecule has 1 aromatic rings. The van der Waals surface area contributed by atoms with Crippen molar-refractivity contribution in [3.8, 4) is 0 Å². The number of pyridine rings is 1. The van der Waals surface area contributed by atoms with E-state index in [1.54, 1.807) is 0 Å². The van der Waals surface area contributed by atoms with Crippen LogP contribution in [-0.4, -0.2) is 24.1 Å². The van der Waals surface area contributed by atoms with Crippen LogP contribution in [0.1, 0.15) is 31.7 Å². The third-order valence-corrected chi connectivity index (χ3v) is 3.40. The molecule has 0 amide bonds. The first kappa shape index (κ1) is 11.4. The molecular weight excluding hydrogens is 198 g/mol. The van der Waals surface area contributed by atoms with Crippen molar-refractivity contribution in [3.05, 3.63) is 23.9 Å². The fourth-order valence-electron chi connectivity index (χ4n) is 2.58. The number of hydrogen-bond donors (Lipinski definition) is 1. The van der Waals surface area contributed by atoms with E-state index in [2.05, 4.69) is 22.9 Å². The monoisotopic (exact) mass is 219 g/mol. The lowest BCUT2D eigenvalue weighted by molar-refractivity contribution is 0.638. The van der Waals surface area contributed by atoms with Gasteiger partial charge in [0.05, 0.1) is 0 Å². The molecule has 1 fully saturated rings. The van der Waals surface area contributed by atoms with E-state index in [4.69, 9.17) is 5.73 Å². The minimum atomic E-state index is 0.673. The van der Waals surface area contributed by atoms with Crippen LogP contribution in [0, 0.1) is 0 Å². The van der Waals surface area contributed by atoms with E-state index in [0.29, 0.717) is 12.6 Å². The molecule has 1 aliphatic rings. The third kappa shape index (κ3) is 2.19. The summed E-state index contributed by atoms with van der Waals surface area (Å²) in [7, 11) is 0. The minimum absolute atomic E-state index is 0.673. The number of hydrogen-bond acceptors (Lipinski definition) is 3. The molecule has 3 heteroatoms. The first-order valence-corrected chi connectivity index (χ1v) is 6.27. The number of nitrogens with zero attached hydrogens (tertiary/aromatic N) is 2. The Morgan fingerprint density at radius 1 is 1.56 bits per heavy atom. The summed E-state index contributed by atoms with van der Waals surface area (Å²) in [4.78, 5) is 7.01. The van der Waals surface area contributed by atoms with E-state index in [9.17, 15) is 0 Å². The highest BCUT2D eigenvalue weighted by Gasteiger charge is 2.25. The average molecular weight is 219 g/mol. The second-order valence-electron chi connectivity index (χ2n) is 4.42. The molecule has 0 radical (unpaired) electrons. The standard InChI is InChI=1S/C13H21N3/c1-2-12-6-4-10-16(12)13-11(7-8-14)5-3-9-15-13/h3,5,9,12H,2,4,6-8,10,14H2,1H3. The molecule has 0 saturated carbocycles. The molecule has 1 unspecified atom stereocenters. The van der Waals surface area contributed by atoms with Crippen molar-refractivity contribution in [2.75, 3.05) is 18.0 Å². The van der Waals surface area contributed by atoms with Crippen molar-refractivity contribution in [2.24, 2.45) is 5.73 Å². The molecule has 0 aromatic carbocycles. The molecule has 0 bridgehead atoms. The largest absolute Gasteiger partial charge is 0.353 e. The van der Waals surface area contributed by atoms with Gasteiger partial charge in [0.1, 0.15) is 5.82 Å². The van der Waals surface area contributed by atoms with Gasteiger partial charge in [-0.2, -0.15) is 0 Å². The van der Waals surface area contributed by atoms with Crippen LogP contribution >= 0.6 is 0 Å². The topological polar surface area (TPSA) is 42.2 Å². The zero-order valence-electron chi connectivity index (χ0n) is 10.0. The fraction of sp³-hybridized carbons (Fsp3) is 0.615. The zero-order valence-corrected chi connectivity index (χ0v) is 10.0. The highest BCUT2D eigenvalue weighted by Crippen LogP contribution is 2.28. The van der Waals surface area contributed by atoms with E-state index in [-0.39, 0.29) is 0 Å². The lowest BCUT2D eigenvalue weighted by atomic mass is 10.1. The van der Waals surface area contributed by atoms with Gasteiger partial charge in [0.15, 0.2) is 0 Å². The molecule has 1 aromatic heterocycles. The van der Waals surface area contributed by atoms with Crippen LogP contribution in [0.5, 0.6) is 0 Å². The van der Waals surface area contributed by atoms with Gasteiger partial charge < -0.3 is 10.6 Å². The van der Waals surface area contributed by atoms with Gasteiger partial charge in [-0.05, 0) is 43.9 Å². The van der Waals surface area contributed by atoms with Crippen LogP contribution in [-0.2, 0) is 6.42 Å². The van der Waals surface area contributed by atoms with Crippen LogP contribution < -0.4 is 10.6 Å². The maximum absolute atomic E-state index is 5.65. The highest BCUT2D eigenvalue weighted by atomic mass is 15.2. The lowest BCUT2D eigenvalue weighted by Gasteiger charge is -2.26. The van der Waals surface area contributed by atoms with E-state index in [0.717, 1.165) is 18.8 Å². The van der Waals surface area contributed by atoms with Crippen molar-refractivity contribution in [1.82, 2.24) is 4.98 Å². The summed E-state index contributed by atoms with van der Waals surface area (Å²) in [6, 6.07) is 4.83. The second-order valence-corrected chi connectivity index (χ2v) is 4.42. The van der Waals surface area contributed by atoms with Crippen molar-refractivity contribution < 1.29 is 0 Å². The van der Waals surface area contributed by atoms with E-state index in [1.165, 1.54) is 24.8 Å². The summed E-state index contributed by atoms with van der Waals surface area (Å²) in [5.41, 5.74) is 6.95. The summed E-state index contributed by atoms with van der Waals surface area (Å²) in [5, 5.41) is 0. The van der Waals surface area contributed by atoms with Crippen LogP contribution in [0.4, 0.5) is 5.82 Å². The fourth-order valence-corrected chi connectivity index (χ4v) is 2.58. The summed E-state index contributed by atoms with van der Waals surface area (Å²) in [5.74, 6) is 1.16. The number of anilines is 1. The molecule has 0 spiro atoms. The summed E-state index contributed by atoms with van der Waals surface area (Å²) in [6.07, 6.45) is 6.61. The molecule has 1 aliphatic heterocycles. The van der Waals surface area contributed by atoms with Gasteiger partial charge in [-0.3, -0.25) is 0 Å². The Labute approximate surface area is 97.7 Å². The van der Waals surface area contributed by atoms with Gasteiger partial charge >= 0.3 is 0 Å². The Hall–Kier alpha value is -1.09. The highest BCUT2D eigenvalue weighted by molar-refractivity contribution is 5.48. The van der Waals surface area contributed by atoms with Crippen molar-refractivity contribution in [1.29, 1.82) is 0 Å². The molecule has 16 heavy (non-hydrogen) atoms. The van der Waals surface area contributed by atoms with Gasteiger partial charge in [0.2, 0.25) is 0 Å². The second kappa shape index (κ2) is 5.30. The molecule has 2 rings (SSSR count). The molecule has 0 aliphatic carbocycles. The zero-order chi connectivity index (χ0) is 11.4. The summed E-state index contributed by atoms with van der Waals surface area (Å²) >= 11 is 0. The molecular formula is C13H21N3. The Morgan fingerprint density at radius 3 is 3.19 bits per heavy atom. The van der Waals surface area contributed by atoms with Gasteiger partial charge in [-0.25, -0.2) is 4.98 Å². The third-order valence-electron chi connectivity index (χ3n) is 3.40. The predicted octanol–water partition coefficient (Wildman–Crippen LogP) is 1.96. The first-order valence-electron chi connectivity index (χ1n) is 6.27. The van der Waals surface area contributed by atoms with E-state index in [1.807, 2.05) is 12.3 Å². The number of rotatable bonds is 4. The SMILES string of the molecule is CCC1CCCN1c1ncccc1CCN. The molecule has 2 N–H and O–H groups in total. The van der Waals surface area contributed by atoms with E-state index >= 15 is 0 Å².